The van der Waals surface area contributed by atoms with Gasteiger partial charge in [-0.3, -0.25) is 14.4 Å². The summed E-state index contributed by atoms with van der Waals surface area (Å²) in [7, 11) is 0. The van der Waals surface area contributed by atoms with Gasteiger partial charge in [-0.15, -0.1) is 0 Å². The Balaban J connectivity index is 1.43. The Bertz CT molecular complexity index is 1190. The minimum atomic E-state index is -0.818. The molecular formula is C35H48O8. The van der Waals surface area contributed by atoms with Crippen molar-refractivity contribution in [2.75, 3.05) is 19.8 Å². The minimum absolute atomic E-state index is 0.0657. The maximum absolute atomic E-state index is 12.3. The van der Waals surface area contributed by atoms with Crippen LogP contribution in [0.3, 0.4) is 0 Å². The van der Waals surface area contributed by atoms with Gasteiger partial charge in [0.15, 0.2) is 5.78 Å². The van der Waals surface area contributed by atoms with E-state index in [-0.39, 0.29) is 18.6 Å². The highest BCUT2D eigenvalue weighted by Gasteiger charge is 2.23. The Kier molecular flexibility index (Phi) is 14.9. The maximum Gasteiger partial charge on any atom is 0.303 e. The molecule has 0 aliphatic carbocycles. The molecule has 236 valence electrons. The number of hydrogen-bond acceptors (Lipinski definition) is 6. The first-order valence-corrected chi connectivity index (χ1v) is 16.0. The summed E-state index contributed by atoms with van der Waals surface area (Å²) < 4.78 is 18.1. The average Bonchev–Trinajstić information content (AvgIpc) is 2.98. The molecule has 0 bridgehead atoms. The second-order valence-corrected chi connectivity index (χ2v) is 11.3. The summed E-state index contributed by atoms with van der Waals surface area (Å²) in [4.78, 5) is 34.2. The van der Waals surface area contributed by atoms with E-state index in [4.69, 9.17) is 19.3 Å². The summed E-state index contributed by atoms with van der Waals surface area (Å²) in [5.41, 5.74) is 3.81. The van der Waals surface area contributed by atoms with Gasteiger partial charge in [0.25, 0.3) is 0 Å². The number of fused-ring (bicyclic) bond motifs is 1. The van der Waals surface area contributed by atoms with Crippen molar-refractivity contribution in [3.63, 3.8) is 0 Å². The average molecular weight is 597 g/mol. The van der Waals surface area contributed by atoms with Gasteiger partial charge in [0.2, 0.25) is 0 Å². The van der Waals surface area contributed by atoms with Gasteiger partial charge < -0.3 is 24.4 Å². The molecule has 0 radical (unpaired) electrons. The summed E-state index contributed by atoms with van der Waals surface area (Å²) in [6.07, 6.45) is 12.2. The number of ether oxygens (including phenoxy) is 3. The van der Waals surface area contributed by atoms with Gasteiger partial charge in [0, 0.05) is 24.8 Å². The van der Waals surface area contributed by atoms with Gasteiger partial charge in [-0.1, -0.05) is 57.6 Å². The van der Waals surface area contributed by atoms with Crippen LogP contribution in [0.1, 0.15) is 117 Å². The topological polar surface area (TPSA) is 119 Å². The molecule has 8 heteroatoms. The molecular weight excluding hydrogens is 548 g/mol. The van der Waals surface area contributed by atoms with Crippen molar-refractivity contribution >= 4 is 17.7 Å². The number of rotatable bonds is 22. The maximum atomic E-state index is 12.3. The summed E-state index contributed by atoms with van der Waals surface area (Å²) in [6.45, 7) is 3.71. The van der Waals surface area contributed by atoms with E-state index in [9.17, 15) is 19.5 Å². The van der Waals surface area contributed by atoms with Crippen LogP contribution in [0.2, 0.25) is 0 Å². The van der Waals surface area contributed by atoms with Crippen LogP contribution in [0.5, 0.6) is 17.2 Å². The first-order chi connectivity index (χ1) is 20.9. The third kappa shape index (κ3) is 11.6. The van der Waals surface area contributed by atoms with Crippen molar-refractivity contribution in [2.24, 2.45) is 0 Å². The zero-order chi connectivity index (χ0) is 30.9. The van der Waals surface area contributed by atoms with Crippen LogP contribution < -0.4 is 14.2 Å². The largest absolute Gasteiger partial charge is 0.493 e. The number of aliphatic carboxylic acids is 2. The van der Waals surface area contributed by atoms with E-state index >= 15 is 0 Å². The van der Waals surface area contributed by atoms with Crippen molar-refractivity contribution in [3.05, 3.63) is 52.6 Å². The molecule has 0 saturated carbocycles. The number of Topliss-reactive ketones (excluding diaryl/α,β-unsaturated/α-hetero) is 1. The summed E-state index contributed by atoms with van der Waals surface area (Å²) in [6, 6.07) is 9.73. The van der Waals surface area contributed by atoms with Gasteiger partial charge in [0.05, 0.1) is 25.4 Å². The Morgan fingerprint density at radius 1 is 0.744 bits per heavy atom. The van der Waals surface area contributed by atoms with Crippen molar-refractivity contribution < 1.29 is 38.8 Å². The van der Waals surface area contributed by atoms with E-state index in [1.807, 2.05) is 24.3 Å². The molecule has 1 aliphatic heterocycles. The molecule has 43 heavy (non-hydrogen) atoms. The molecule has 2 N–H and O–H groups in total. The quantitative estimate of drug-likeness (QED) is 0.133. The van der Waals surface area contributed by atoms with E-state index in [1.54, 1.807) is 0 Å². The highest BCUT2D eigenvalue weighted by molar-refractivity contribution is 6.00. The first-order valence-electron chi connectivity index (χ1n) is 16.0. The molecule has 3 rings (SSSR count). The highest BCUT2D eigenvalue weighted by Crippen LogP contribution is 2.36. The third-order valence-corrected chi connectivity index (χ3v) is 7.80. The second kappa shape index (κ2) is 18.9. The van der Waals surface area contributed by atoms with Crippen molar-refractivity contribution in [1.82, 2.24) is 0 Å². The van der Waals surface area contributed by atoms with Crippen LogP contribution in [0.4, 0.5) is 0 Å². The molecule has 0 atom stereocenters. The molecule has 0 saturated heterocycles. The Hall–Kier alpha value is -3.55. The third-order valence-electron chi connectivity index (χ3n) is 7.80. The van der Waals surface area contributed by atoms with Crippen LogP contribution in [0, 0.1) is 0 Å². The minimum Gasteiger partial charge on any atom is -0.493 e. The molecule has 0 amide bonds. The fraction of sp³-hybridized carbons (Fsp3) is 0.571. The van der Waals surface area contributed by atoms with E-state index in [0.717, 1.165) is 98.8 Å². The lowest BCUT2D eigenvalue weighted by Crippen LogP contribution is -2.17. The van der Waals surface area contributed by atoms with Crippen molar-refractivity contribution in [1.29, 1.82) is 0 Å². The van der Waals surface area contributed by atoms with Crippen molar-refractivity contribution in [2.45, 2.75) is 110 Å². The fourth-order valence-electron chi connectivity index (χ4n) is 5.54. The number of carboxylic acids is 2. The number of aryl methyl sites for hydroxylation is 1. The zero-order valence-electron chi connectivity index (χ0n) is 25.7. The lowest BCUT2D eigenvalue weighted by molar-refractivity contribution is -0.138. The molecule has 0 spiro atoms. The lowest BCUT2D eigenvalue weighted by atomic mass is 9.96. The predicted molar refractivity (Wildman–Crippen MR) is 166 cm³/mol. The number of carbonyl (C=O) groups is 3. The number of hydrogen-bond donors (Lipinski definition) is 2. The molecule has 0 aromatic heterocycles. The molecule has 8 nitrogen and oxygen atoms in total. The summed E-state index contributed by atoms with van der Waals surface area (Å²) >= 11 is 0. The molecule has 2 aromatic rings. The van der Waals surface area contributed by atoms with Crippen LogP contribution >= 0.6 is 0 Å². The molecule has 1 heterocycles. The predicted octanol–water partition coefficient (Wildman–Crippen LogP) is 7.61. The molecule has 0 unspecified atom stereocenters. The van der Waals surface area contributed by atoms with Gasteiger partial charge in [-0.05, 0) is 74.3 Å². The van der Waals surface area contributed by atoms with Gasteiger partial charge >= 0.3 is 11.9 Å². The van der Waals surface area contributed by atoms with E-state index in [1.165, 1.54) is 0 Å². The number of ketones is 1. The van der Waals surface area contributed by atoms with Gasteiger partial charge in [-0.25, -0.2) is 0 Å². The lowest BCUT2D eigenvalue weighted by Gasteiger charge is -2.22. The molecule has 1 aliphatic rings. The van der Waals surface area contributed by atoms with Crippen molar-refractivity contribution in [3.8, 4) is 17.2 Å². The number of carboxylic acid groups (broad SMARTS) is 2. The summed E-state index contributed by atoms with van der Waals surface area (Å²) in [5, 5.41) is 18.0. The van der Waals surface area contributed by atoms with Crippen LogP contribution in [0.15, 0.2) is 30.3 Å². The highest BCUT2D eigenvalue weighted by atomic mass is 16.5. The molecule has 0 fully saturated rings. The monoisotopic (exact) mass is 596 g/mol. The standard InChI is InChI=1S/C35H48O8/c1-2-13-29-32(20-18-28-30(36)22-25-43-35(28)29)42-24-11-7-5-8-14-26-15-12-16-31(27(26)19-21-34(39)40)41-23-10-6-3-4-9-17-33(37)38/h12,15-16,18,20H,2-11,13-14,17,19,21-25H2,1H3,(H,37,38)(H,39,40). The normalized spacial score (nSPS) is 12.4. The summed E-state index contributed by atoms with van der Waals surface area (Å²) in [5.74, 6) is 0.860. The smallest absolute Gasteiger partial charge is 0.303 e. The number of benzene rings is 2. The zero-order valence-corrected chi connectivity index (χ0v) is 25.7. The number of unbranched alkanes of at least 4 members (excludes halogenated alkanes) is 7. The van der Waals surface area contributed by atoms with Gasteiger partial charge in [-0.2, -0.15) is 0 Å². The van der Waals surface area contributed by atoms with Crippen LogP contribution in [0.25, 0.3) is 0 Å². The van der Waals surface area contributed by atoms with Gasteiger partial charge in [0.1, 0.15) is 17.2 Å². The van der Waals surface area contributed by atoms with E-state index in [0.29, 0.717) is 50.4 Å². The molecule has 2 aromatic carbocycles. The second-order valence-electron chi connectivity index (χ2n) is 11.3. The Labute approximate surface area is 255 Å². The van der Waals surface area contributed by atoms with Crippen LogP contribution in [-0.2, 0) is 28.9 Å². The Morgan fingerprint density at radius 2 is 1.40 bits per heavy atom. The van der Waals surface area contributed by atoms with E-state index < -0.39 is 11.9 Å². The first kappa shape index (κ1) is 33.9. The number of carbonyl (C=O) groups excluding carboxylic acids is 1. The Morgan fingerprint density at radius 3 is 2.09 bits per heavy atom. The fourth-order valence-corrected chi connectivity index (χ4v) is 5.54. The van der Waals surface area contributed by atoms with E-state index in [2.05, 4.69) is 13.0 Å². The SMILES string of the molecule is CCCc1c(OCCCCCCc2cccc(OCCCCCCCC(=O)O)c2CCC(=O)O)ccc2c1OCCC2=O. The van der Waals surface area contributed by atoms with Crippen LogP contribution in [-0.4, -0.2) is 47.8 Å².